The molecule has 0 spiro atoms. The van der Waals surface area contributed by atoms with Crippen LogP contribution < -0.4 is 11.6 Å². The first-order valence-corrected chi connectivity index (χ1v) is 43.6. The number of hydrogen-bond acceptors (Lipinski definition) is 2. The van der Waals surface area contributed by atoms with Crippen LogP contribution in [-0.2, 0) is 0 Å². The topological polar surface area (TPSA) is 0 Å². The van der Waals surface area contributed by atoms with E-state index in [4.69, 9.17) is 0 Å². The van der Waals surface area contributed by atoms with Crippen LogP contribution in [0.2, 0.25) is 35.5 Å². The maximum absolute atomic E-state index is 2.83. The summed E-state index contributed by atoms with van der Waals surface area (Å²) in [6.07, 6.45) is 22.8. The summed E-state index contributed by atoms with van der Waals surface area (Å²) in [5.41, 5.74) is 0. The Kier molecular flexibility index (Phi) is 23.0. The summed E-state index contributed by atoms with van der Waals surface area (Å²) in [4.78, 5) is 0. The molecule has 5 heteroatoms. The second kappa shape index (κ2) is 24.1. The number of rotatable bonds is 28. The Bertz CT molecular complexity index is 885. The molecule has 0 bridgehead atoms. The minimum absolute atomic E-state index is 1.36. The van der Waals surface area contributed by atoms with Gasteiger partial charge in [-0.15, -0.1) is 0 Å². The summed E-state index contributed by atoms with van der Waals surface area (Å²) >= 11 is -2.75. The van der Waals surface area contributed by atoms with Crippen LogP contribution in [-0.4, -0.2) is 55.1 Å². The Hall–Kier alpha value is 1.80. The molecule has 260 valence electrons. The zero-order valence-corrected chi connectivity index (χ0v) is 41.8. The Balaban J connectivity index is 2.74. The summed E-state index contributed by atoms with van der Waals surface area (Å²) in [7, 11) is 0. The summed E-state index contributed by atoms with van der Waals surface area (Å²) in [6, 6.07) is 11.2. The van der Waals surface area contributed by atoms with Crippen molar-refractivity contribution in [3.63, 3.8) is 0 Å². The van der Waals surface area contributed by atoms with Gasteiger partial charge in [-0.05, 0) is 0 Å². The molecule has 0 fully saturated rings. The number of unbranched alkanes of at least 4 members (excludes halogenated alkanes) is 8. The van der Waals surface area contributed by atoms with E-state index in [9.17, 15) is 0 Å². The van der Waals surface area contributed by atoms with Crippen LogP contribution in [0.15, 0.2) is 24.3 Å². The van der Waals surface area contributed by atoms with E-state index in [2.05, 4.69) is 102 Å². The summed E-state index contributed by atoms with van der Waals surface area (Å²) in [5, 5.41) is 0. The zero-order chi connectivity index (χ0) is 33.0. The van der Waals surface area contributed by atoms with Gasteiger partial charge in [-0.2, -0.15) is 0 Å². The molecule has 2 rings (SSSR count). The quantitative estimate of drug-likeness (QED) is 0.0746. The first kappa shape index (κ1) is 43.0. The molecule has 2 aromatic rings. The molecule has 0 aliphatic heterocycles. The van der Waals surface area contributed by atoms with Gasteiger partial charge in [-0.1, -0.05) is 0 Å². The van der Waals surface area contributed by atoms with E-state index in [1.165, 1.54) is 103 Å². The van der Waals surface area contributed by atoms with Gasteiger partial charge in [0.25, 0.3) is 0 Å². The van der Waals surface area contributed by atoms with E-state index in [1.54, 1.807) is 35.5 Å². The monoisotopic (exact) mass is 980 g/mol. The van der Waals surface area contributed by atoms with Crippen molar-refractivity contribution in [3.05, 3.63) is 24.3 Å². The average Bonchev–Trinajstić information content (AvgIpc) is 3.77. The molecule has 0 aliphatic carbocycles. The second-order valence-electron chi connectivity index (χ2n) is 14.8. The van der Waals surface area contributed by atoms with Gasteiger partial charge in [-0.25, -0.2) is 0 Å². The molecule has 45 heavy (non-hydrogen) atoms. The average molecular weight is 977 g/mol. The predicted octanol–water partition coefficient (Wildman–Crippen LogP) is 13.1. The van der Waals surface area contributed by atoms with Crippen molar-refractivity contribution in [2.75, 3.05) is 0 Å². The molecule has 0 N–H and O–H groups in total. The van der Waals surface area contributed by atoms with Crippen molar-refractivity contribution in [2.45, 2.75) is 194 Å². The van der Waals surface area contributed by atoms with E-state index < -0.39 is 55.1 Å². The van der Waals surface area contributed by atoms with Crippen LogP contribution in [0.1, 0.15) is 158 Å². The molecule has 0 aromatic carbocycles. The third-order valence-electron chi connectivity index (χ3n) is 11.2. The molecule has 2 aromatic heterocycles. The minimum atomic E-state index is -2.83. The maximum atomic E-state index is 2.80. The van der Waals surface area contributed by atoms with Gasteiger partial charge in [0.1, 0.15) is 0 Å². The van der Waals surface area contributed by atoms with Crippen molar-refractivity contribution in [1.82, 2.24) is 0 Å². The summed E-state index contributed by atoms with van der Waals surface area (Å²) in [5.74, 6) is 0. The second-order valence-corrected chi connectivity index (χ2v) is 59.5. The summed E-state index contributed by atoms with van der Waals surface area (Å²) in [6.45, 7) is 19.5. The van der Waals surface area contributed by atoms with E-state index >= 15 is 0 Å². The van der Waals surface area contributed by atoms with Crippen molar-refractivity contribution in [1.29, 1.82) is 0 Å². The molecule has 0 saturated carbocycles. The van der Waals surface area contributed by atoms with Gasteiger partial charge in [0.05, 0.1) is 0 Å². The van der Waals surface area contributed by atoms with Crippen molar-refractivity contribution < 1.29 is 0 Å². The Morgan fingerprint density at radius 2 is 0.556 bits per heavy atom. The van der Waals surface area contributed by atoms with Gasteiger partial charge >= 0.3 is 307 Å². The van der Waals surface area contributed by atoms with Crippen molar-refractivity contribution in [3.8, 4) is 0 Å². The van der Waals surface area contributed by atoms with E-state index in [1.807, 2.05) is 11.6 Å². The van der Waals surface area contributed by atoms with Gasteiger partial charge in [0.15, 0.2) is 0 Å². The molecule has 0 unspecified atom stereocenters. The molecule has 0 atom stereocenters. The molecule has 2 heterocycles. The van der Waals surface area contributed by atoms with Crippen LogP contribution in [0.4, 0.5) is 0 Å². The first-order valence-electron chi connectivity index (χ1n) is 20.1. The third-order valence-corrected chi connectivity index (χ3v) is 69.7. The Morgan fingerprint density at radius 3 is 0.800 bits per heavy atom. The van der Waals surface area contributed by atoms with Crippen LogP contribution in [0.5, 0.6) is 0 Å². The van der Waals surface area contributed by atoms with Crippen molar-refractivity contribution >= 4 is 89.4 Å². The first-order chi connectivity index (χ1) is 21.9. The molecule has 0 saturated heterocycles. The molecular formula is C40H76S2Sn3. The van der Waals surface area contributed by atoms with Gasteiger partial charge < -0.3 is 0 Å². The van der Waals surface area contributed by atoms with Crippen LogP contribution >= 0.6 is 22.7 Å². The molecule has 0 amide bonds. The number of hydrogen-bond donors (Lipinski definition) is 0. The van der Waals surface area contributed by atoms with Gasteiger partial charge in [0, 0.05) is 0 Å². The fourth-order valence-corrected chi connectivity index (χ4v) is 75.1. The molecule has 0 nitrogen and oxygen atoms in total. The molecule has 0 radical (unpaired) electrons. The SMILES string of the molecule is CCC[CH2][Sn]([CH2]CCC)([CH2]CCC)[c]1cc[c]([Sn]([CH2]CCC)([CH2]CCC)[c]2cc[c]([Sn]([CH2]CCC)([CH2]CCC)[CH2]CCC)s2)s1. The van der Waals surface area contributed by atoms with E-state index in [0.29, 0.717) is 0 Å². The molecular weight excluding hydrogens is 901 g/mol. The third kappa shape index (κ3) is 12.5. The van der Waals surface area contributed by atoms with Crippen molar-refractivity contribution in [2.24, 2.45) is 0 Å². The Morgan fingerprint density at radius 1 is 0.333 bits per heavy atom. The standard InChI is InChI=1S/2C4H2S.8C4H9.3Sn/c2*1-2-4-5-3-1;8*1-3-4-2;;;/h2*1-2H;8*1,3-4H2,2H3;;;. The van der Waals surface area contributed by atoms with Crippen LogP contribution in [0, 0.1) is 0 Å². The van der Waals surface area contributed by atoms with E-state index in [-0.39, 0.29) is 0 Å². The van der Waals surface area contributed by atoms with Gasteiger partial charge in [0.2, 0.25) is 0 Å². The predicted molar refractivity (Wildman–Crippen MR) is 222 cm³/mol. The fourth-order valence-electron chi connectivity index (χ4n) is 8.04. The summed E-state index contributed by atoms with van der Waals surface area (Å²) < 4.78 is 20.8. The number of thiophene rings is 2. The molecule has 0 aliphatic rings. The van der Waals surface area contributed by atoms with Gasteiger partial charge in [-0.3, -0.25) is 0 Å². The fraction of sp³-hybridized carbons (Fsp3) is 0.800. The zero-order valence-electron chi connectivity index (χ0n) is 31.6. The normalized spacial score (nSPS) is 12.8. The Labute approximate surface area is 303 Å². The van der Waals surface area contributed by atoms with Crippen LogP contribution in [0.25, 0.3) is 0 Å². The van der Waals surface area contributed by atoms with E-state index in [0.717, 1.165) is 0 Å². The van der Waals surface area contributed by atoms with Crippen LogP contribution in [0.3, 0.4) is 0 Å².